The lowest BCUT2D eigenvalue weighted by atomic mass is 10.1. The van der Waals surface area contributed by atoms with E-state index in [2.05, 4.69) is 5.16 Å². The van der Waals surface area contributed by atoms with Crippen molar-refractivity contribution in [2.75, 3.05) is 6.61 Å². The Labute approximate surface area is 124 Å². The van der Waals surface area contributed by atoms with Crippen LogP contribution in [0, 0.1) is 0 Å². The maximum atomic E-state index is 11.5. The smallest absolute Gasteiger partial charge is 0.308 e. The maximum absolute atomic E-state index is 11.5. The molecule has 0 amide bonds. The summed E-state index contributed by atoms with van der Waals surface area (Å²) in [6.07, 6.45) is 0.206. The zero-order valence-electron chi connectivity index (χ0n) is 12.6. The zero-order chi connectivity index (χ0) is 15.9. The van der Waals surface area contributed by atoms with E-state index in [0.717, 1.165) is 5.56 Å². The summed E-state index contributed by atoms with van der Waals surface area (Å²) >= 11 is 0. The summed E-state index contributed by atoms with van der Waals surface area (Å²) in [5.74, 6) is -0.237. The monoisotopic (exact) mass is 294 g/mol. The number of oxime groups is 1. The second-order valence-electron chi connectivity index (χ2n) is 5.57. The topological polar surface area (TPSA) is 94.1 Å². The van der Waals surface area contributed by atoms with Gasteiger partial charge in [0.05, 0.1) is 19.6 Å². The number of ether oxygens (including phenoxy) is 2. The molecule has 0 unspecified atom stereocenters. The molecule has 0 bridgehead atoms. The quantitative estimate of drug-likeness (QED) is 0.209. The largest absolute Gasteiger partial charge is 0.460 e. The Balaban J connectivity index is 2.38. The van der Waals surface area contributed by atoms with Crippen molar-refractivity contribution in [1.29, 1.82) is 0 Å². The van der Waals surface area contributed by atoms with E-state index in [4.69, 9.17) is 20.4 Å². The van der Waals surface area contributed by atoms with Crippen LogP contribution >= 0.6 is 0 Å². The number of carbonyl (C=O) groups is 1. The van der Waals surface area contributed by atoms with Crippen LogP contribution in [0.2, 0.25) is 0 Å². The van der Waals surface area contributed by atoms with Gasteiger partial charge in [-0.3, -0.25) is 4.79 Å². The van der Waals surface area contributed by atoms with E-state index in [0.29, 0.717) is 12.2 Å². The van der Waals surface area contributed by atoms with Crippen molar-refractivity contribution in [3.05, 3.63) is 35.4 Å². The van der Waals surface area contributed by atoms with Gasteiger partial charge in [0.2, 0.25) is 0 Å². The van der Waals surface area contributed by atoms with E-state index in [1.807, 2.05) is 26.8 Å². The molecule has 0 aliphatic rings. The van der Waals surface area contributed by atoms with Crippen LogP contribution in [0.5, 0.6) is 0 Å². The molecule has 21 heavy (non-hydrogen) atoms. The fourth-order valence-corrected chi connectivity index (χ4v) is 1.62. The first-order chi connectivity index (χ1) is 9.81. The number of esters is 1. The summed E-state index contributed by atoms with van der Waals surface area (Å²) in [4.78, 5) is 11.5. The Morgan fingerprint density at radius 2 is 2.10 bits per heavy atom. The standard InChI is InChI=1S/C15H22N2O4/c1-15(2,3)21-13(18)7-8-20-10-11-5-4-6-12(9-11)14(16)17-19/h4-6,9,19H,7-8,10H2,1-3H3,(H2,16,17). The molecule has 0 saturated carbocycles. The van der Waals surface area contributed by atoms with Crippen molar-refractivity contribution in [3.63, 3.8) is 0 Å². The Bertz CT molecular complexity index is 507. The van der Waals surface area contributed by atoms with Gasteiger partial charge in [-0.25, -0.2) is 0 Å². The normalized spacial score (nSPS) is 12.2. The second kappa shape index (κ2) is 7.64. The lowest BCUT2D eigenvalue weighted by molar-refractivity contribution is -0.156. The Morgan fingerprint density at radius 3 is 2.71 bits per heavy atom. The molecule has 1 aromatic rings. The molecule has 0 atom stereocenters. The summed E-state index contributed by atoms with van der Waals surface area (Å²) in [6, 6.07) is 7.16. The van der Waals surface area contributed by atoms with Crippen LogP contribution in [0.25, 0.3) is 0 Å². The molecule has 1 aromatic carbocycles. The van der Waals surface area contributed by atoms with Crippen LogP contribution in [0.1, 0.15) is 38.3 Å². The molecule has 0 heterocycles. The predicted molar refractivity (Wildman–Crippen MR) is 79.1 cm³/mol. The van der Waals surface area contributed by atoms with Gasteiger partial charge in [-0.15, -0.1) is 0 Å². The SMILES string of the molecule is CC(C)(C)OC(=O)CCOCc1cccc(/C(N)=N/O)c1. The minimum atomic E-state index is -0.480. The van der Waals surface area contributed by atoms with Crippen LogP contribution in [0.3, 0.4) is 0 Å². The van der Waals surface area contributed by atoms with Crippen LogP contribution < -0.4 is 5.73 Å². The fraction of sp³-hybridized carbons (Fsp3) is 0.467. The highest BCUT2D eigenvalue weighted by Gasteiger charge is 2.15. The van der Waals surface area contributed by atoms with Crippen molar-refractivity contribution in [2.24, 2.45) is 10.9 Å². The van der Waals surface area contributed by atoms with Crippen LogP contribution in [-0.4, -0.2) is 29.2 Å². The van der Waals surface area contributed by atoms with Gasteiger partial charge in [-0.2, -0.15) is 0 Å². The van der Waals surface area contributed by atoms with Gasteiger partial charge in [-0.1, -0.05) is 23.4 Å². The molecular formula is C15H22N2O4. The zero-order valence-corrected chi connectivity index (χ0v) is 12.6. The van der Waals surface area contributed by atoms with Gasteiger partial charge in [-0.05, 0) is 32.4 Å². The summed E-state index contributed by atoms with van der Waals surface area (Å²) in [7, 11) is 0. The van der Waals surface area contributed by atoms with Crippen molar-refractivity contribution < 1.29 is 19.5 Å². The first-order valence-corrected chi connectivity index (χ1v) is 6.68. The number of carbonyl (C=O) groups excluding carboxylic acids is 1. The number of nitrogens with zero attached hydrogens (tertiary/aromatic N) is 1. The Morgan fingerprint density at radius 1 is 1.38 bits per heavy atom. The molecule has 0 fully saturated rings. The summed E-state index contributed by atoms with van der Waals surface area (Å²) in [6.45, 7) is 6.09. The minimum Gasteiger partial charge on any atom is -0.460 e. The number of benzene rings is 1. The molecule has 6 heteroatoms. The summed E-state index contributed by atoms with van der Waals surface area (Å²) < 4.78 is 10.6. The van der Waals surface area contributed by atoms with E-state index in [1.165, 1.54) is 0 Å². The number of rotatable bonds is 6. The third kappa shape index (κ3) is 6.76. The first kappa shape index (κ1) is 17.0. The number of hydrogen-bond acceptors (Lipinski definition) is 5. The molecule has 0 aliphatic heterocycles. The molecule has 1 rings (SSSR count). The predicted octanol–water partition coefficient (Wildman–Crippen LogP) is 2.03. The van der Waals surface area contributed by atoms with Crippen LogP contribution in [0.15, 0.2) is 29.4 Å². The van der Waals surface area contributed by atoms with Gasteiger partial charge in [0.25, 0.3) is 0 Å². The number of hydrogen-bond donors (Lipinski definition) is 2. The van der Waals surface area contributed by atoms with E-state index in [9.17, 15) is 4.79 Å². The molecule has 0 aromatic heterocycles. The fourth-order valence-electron chi connectivity index (χ4n) is 1.62. The van der Waals surface area contributed by atoms with Crippen molar-refractivity contribution in [1.82, 2.24) is 0 Å². The van der Waals surface area contributed by atoms with Crippen molar-refractivity contribution in [3.8, 4) is 0 Å². The molecule has 0 saturated heterocycles. The highest BCUT2D eigenvalue weighted by atomic mass is 16.6. The van der Waals surface area contributed by atoms with Gasteiger partial charge in [0.1, 0.15) is 5.60 Å². The van der Waals surface area contributed by atoms with E-state index in [-0.39, 0.29) is 24.8 Å². The summed E-state index contributed by atoms with van der Waals surface area (Å²) in [5.41, 5.74) is 6.53. The molecular weight excluding hydrogens is 272 g/mol. The molecule has 0 aliphatic carbocycles. The average Bonchev–Trinajstić information content (AvgIpc) is 2.41. The second-order valence-corrected chi connectivity index (χ2v) is 5.57. The first-order valence-electron chi connectivity index (χ1n) is 6.68. The molecule has 0 radical (unpaired) electrons. The third-order valence-corrected chi connectivity index (χ3v) is 2.47. The number of amidine groups is 1. The van der Waals surface area contributed by atoms with E-state index < -0.39 is 5.60 Å². The molecule has 116 valence electrons. The van der Waals surface area contributed by atoms with Gasteiger partial charge in [0.15, 0.2) is 5.84 Å². The lowest BCUT2D eigenvalue weighted by Gasteiger charge is -2.19. The lowest BCUT2D eigenvalue weighted by Crippen LogP contribution is -2.24. The average molecular weight is 294 g/mol. The highest BCUT2D eigenvalue weighted by Crippen LogP contribution is 2.09. The van der Waals surface area contributed by atoms with Crippen LogP contribution in [0.4, 0.5) is 0 Å². The molecule has 3 N–H and O–H groups in total. The van der Waals surface area contributed by atoms with Gasteiger partial charge < -0.3 is 20.4 Å². The van der Waals surface area contributed by atoms with Crippen molar-refractivity contribution in [2.45, 2.75) is 39.4 Å². The Kier molecular flexibility index (Phi) is 6.17. The summed E-state index contributed by atoms with van der Waals surface area (Å²) in [5, 5.41) is 11.6. The van der Waals surface area contributed by atoms with E-state index >= 15 is 0 Å². The van der Waals surface area contributed by atoms with E-state index in [1.54, 1.807) is 18.2 Å². The molecule has 6 nitrogen and oxygen atoms in total. The van der Waals surface area contributed by atoms with Gasteiger partial charge in [0, 0.05) is 5.56 Å². The van der Waals surface area contributed by atoms with Crippen molar-refractivity contribution >= 4 is 11.8 Å². The van der Waals surface area contributed by atoms with Crippen LogP contribution in [-0.2, 0) is 20.9 Å². The third-order valence-electron chi connectivity index (χ3n) is 2.47. The highest BCUT2D eigenvalue weighted by molar-refractivity contribution is 5.97. The Hall–Kier alpha value is -2.08. The molecule has 0 spiro atoms. The minimum absolute atomic E-state index is 0.0469. The van der Waals surface area contributed by atoms with Gasteiger partial charge >= 0.3 is 5.97 Å². The maximum Gasteiger partial charge on any atom is 0.308 e. The number of nitrogens with two attached hydrogens (primary N) is 1.